The van der Waals surface area contributed by atoms with E-state index in [1.807, 2.05) is 44.2 Å². The van der Waals surface area contributed by atoms with E-state index in [9.17, 15) is 24.3 Å². The number of carbonyl (C=O) groups is 4. The van der Waals surface area contributed by atoms with E-state index in [4.69, 9.17) is 28.7 Å². The summed E-state index contributed by atoms with van der Waals surface area (Å²) in [5.74, 6) is -3.24. The summed E-state index contributed by atoms with van der Waals surface area (Å²) in [5.41, 5.74) is 31.5. The molecule has 0 heterocycles. The van der Waals surface area contributed by atoms with Gasteiger partial charge in [0.05, 0.1) is 12.1 Å². The van der Waals surface area contributed by atoms with Gasteiger partial charge in [-0.3, -0.25) is 24.2 Å². The summed E-state index contributed by atoms with van der Waals surface area (Å²) in [6.45, 7) is 4.39. The summed E-state index contributed by atoms with van der Waals surface area (Å²) in [6.07, 6.45) is 2.55. The molecule has 0 aliphatic heterocycles. The number of unbranched alkanes of at least 4 members (excludes halogenated alkanes) is 1. The van der Waals surface area contributed by atoms with E-state index in [0.717, 1.165) is 22.3 Å². The molecule has 0 bridgehead atoms. The number of aromatic hydroxyl groups is 1. The standard InChI is InChI=1S/C34H51N7O5/c1-21-15-26(42)16-22(2)27(21)18-25(20-30(43)28(36)11-8-14-40-34(38)39)33(46)41-29(12-6-7-13-35)31(44)19-24(32(37)45)17-23-9-4-3-5-10-23/h3-5,9-10,15-16,24-25,28-29,42H,6-8,11-14,17-20,35-36H2,1-2H3,(H2,37,45)(H,41,46)(H4,38,39,40)/t24-,25?,28-,29+/m1/s1. The van der Waals surface area contributed by atoms with E-state index < -0.39 is 35.7 Å². The van der Waals surface area contributed by atoms with E-state index in [-0.39, 0.29) is 42.5 Å². The lowest BCUT2D eigenvalue weighted by Crippen LogP contribution is -2.46. The number of ketones is 2. The monoisotopic (exact) mass is 637 g/mol. The second-order valence-electron chi connectivity index (χ2n) is 12.0. The third-order valence-electron chi connectivity index (χ3n) is 8.16. The summed E-state index contributed by atoms with van der Waals surface area (Å²) in [7, 11) is 0. The number of aliphatic imine (C=N–C) groups is 1. The van der Waals surface area contributed by atoms with Crippen molar-refractivity contribution < 1.29 is 24.3 Å². The minimum absolute atomic E-state index is 0.0472. The van der Waals surface area contributed by atoms with Gasteiger partial charge in [0.1, 0.15) is 11.5 Å². The van der Waals surface area contributed by atoms with Crippen molar-refractivity contribution in [3.05, 3.63) is 64.7 Å². The molecule has 2 aromatic rings. The van der Waals surface area contributed by atoms with Crippen LogP contribution < -0.4 is 34.0 Å². The van der Waals surface area contributed by atoms with E-state index in [2.05, 4.69) is 10.3 Å². The molecule has 2 rings (SSSR count). The third kappa shape index (κ3) is 13.0. The number of phenolic OH excluding ortho intramolecular Hbond substituents is 1. The molecule has 0 fully saturated rings. The first-order valence-corrected chi connectivity index (χ1v) is 15.8. The van der Waals surface area contributed by atoms with E-state index in [1.54, 1.807) is 12.1 Å². The van der Waals surface area contributed by atoms with Crippen LogP contribution in [-0.2, 0) is 32.0 Å². The summed E-state index contributed by atoms with van der Waals surface area (Å²) in [4.78, 5) is 57.1. The van der Waals surface area contributed by atoms with Gasteiger partial charge < -0.3 is 39.1 Å². The first-order chi connectivity index (χ1) is 21.8. The highest BCUT2D eigenvalue weighted by molar-refractivity contribution is 5.94. The van der Waals surface area contributed by atoms with Gasteiger partial charge >= 0.3 is 0 Å². The van der Waals surface area contributed by atoms with Crippen LogP contribution in [0.1, 0.15) is 67.2 Å². The van der Waals surface area contributed by atoms with Crippen LogP contribution in [0.3, 0.4) is 0 Å². The number of primary amides is 1. The number of aryl methyl sites for hydroxylation is 2. The average molecular weight is 638 g/mol. The van der Waals surface area contributed by atoms with Crippen molar-refractivity contribution >= 4 is 29.3 Å². The molecule has 0 aliphatic carbocycles. The largest absolute Gasteiger partial charge is 0.508 e. The maximum Gasteiger partial charge on any atom is 0.224 e. The molecule has 2 amide bonds. The highest BCUT2D eigenvalue weighted by Crippen LogP contribution is 2.26. The van der Waals surface area contributed by atoms with E-state index in [1.165, 1.54) is 0 Å². The van der Waals surface area contributed by atoms with Crippen molar-refractivity contribution in [3.8, 4) is 5.75 Å². The van der Waals surface area contributed by atoms with Crippen molar-refractivity contribution in [1.82, 2.24) is 5.32 Å². The Kier molecular flexibility index (Phi) is 15.9. The zero-order valence-corrected chi connectivity index (χ0v) is 27.0. The summed E-state index contributed by atoms with van der Waals surface area (Å²) in [6, 6.07) is 10.8. The highest BCUT2D eigenvalue weighted by Gasteiger charge is 2.31. The van der Waals surface area contributed by atoms with Crippen LogP contribution in [0.5, 0.6) is 5.75 Å². The zero-order valence-electron chi connectivity index (χ0n) is 27.0. The third-order valence-corrected chi connectivity index (χ3v) is 8.16. The topological polar surface area (TPSA) is 243 Å². The van der Waals surface area contributed by atoms with Crippen LogP contribution in [0.2, 0.25) is 0 Å². The SMILES string of the molecule is Cc1cc(O)cc(C)c1CC(CC(=O)[C@H](N)CCCN=C(N)N)C(=O)N[C@@H](CCCCN)C(=O)C[C@@H](Cc1ccccc1)C(N)=O. The first kappa shape index (κ1) is 37.9. The minimum Gasteiger partial charge on any atom is -0.508 e. The van der Waals surface area contributed by atoms with Gasteiger partial charge in [-0.25, -0.2) is 0 Å². The number of nitrogens with one attached hydrogen (secondary N) is 1. The Labute approximate surface area is 271 Å². The van der Waals surface area contributed by atoms with E-state index in [0.29, 0.717) is 51.6 Å². The number of amides is 2. The van der Waals surface area contributed by atoms with Gasteiger partial charge in [-0.1, -0.05) is 30.3 Å². The molecule has 0 aromatic heterocycles. The molecule has 0 aliphatic rings. The van der Waals surface area contributed by atoms with Crippen molar-refractivity contribution in [2.45, 2.75) is 83.7 Å². The highest BCUT2D eigenvalue weighted by atomic mass is 16.3. The predicted molar refractivity (Wildman–Crippen MR) is 180 cm³/mol. The van der Waals surface area contributed by atoms with Crippen molar-refractivity contribution in [1.29, 1.82) is 0 Å². The molecule has 2 aromatic carbocycles. The van der Waals surface area contributed by atoms with Crippen molar-refractivity contribution in [2.75, 3.05) is 13.1 Å². The molecule has 12 N–H and O–H groups in total. The number of phenols is 1. The summed E-state index contributed by atoms with van der Waals surface area (Å²) < 4.78 is 0. The fraction of sp³-hybridized carbons (Fsp3) is 0.500. The molecule has 12 nitrogen and oxygen atoms in total. The number of hydrogen-bond donors (Lipinski definition) is 7. The van der Waals surface area contributed by atoms with Gasteiger partial charge in [-0.05, 0) is 99.7 Å². The molecule has 0 saturated carbocycles. The molecule has 1 unspecified atom stereocenters. The van der Waals surface area contributed by atoms with Crippen molar-refractivity contribution in [2.24, 2.45) is 45.5 Å². The smallest absolute Gasteiger partial charge is 0.224 e. The fourth-order valence-electron chi connectivity index (χ4n) is 5.52. The summed E-state index contributed by atoms with van der Waals surface area (Å²) >= 11 is 0. The van der Waals surface area contributed by atoms with Gasteiger partial charge in [-0.15, -0.1) is 0 Å². The maximum absolute atomic E-state index is 13.9. The zero-order chi connectivity index (χ0) is 34.2. The van der Waals surface area contributed by atoms with Crippen molar-refractivity contribution in [3.63, 3.8) is 0 Å². The Morgan fingerprint density at radius 3 is 2.07 bits per heavy atom. The Hall–Kier alpha value is -4.29. The lowest BCUT2D eigenvalue weighted by molar-refractivity contribution is -0.133. The Bertz CT molecular complexity index is 1320. The van der Waals surface area contributed by atoms with Gasteiger partial charge in [0.25, 0.3) is 0 Å². The molecule has 4 atom stereocenters. The molecule has 0 radical (unpaired) electrons. The second kappa shape index (κ2) is 19.3. The van der Waals surface area contributed by atoms with Gasteiger partial charge in [0, 0.05) is 31.2 Å². The number of guanidine groups is 1. The maximum atomic E-state index is 13.9. The quantitative estimate of drug-likeness (QED) is 0.0594. The molecule has 0 saturated heterocycles. The minimum atomic E-state index is -0.899. The summed E-state index contributed by atoms with van der Waals surface area (Å²) in [5, 5.41) is 12.9. The number of nitrogens with two attached hydrogens (primary N) is 5. The lowest BCUT2D eigenvalue weighted by atomic mass is 9.86. The van der Waals surface area contributed by atoms with E-state index >= 15 is 0 Å². The first-order valence-electron chi connectivity index (χ1n) is 15.8. The average Bonchev–Trinajstić information content (AvgIpc) is 2.99. The number of nitrogens with zero attached hydrogens (tertiary/aromatic N) is 1. The number of hydrogen-bond acceptors (Lipinski definition) is 8. The van der Waals surface area contributed by atoms with Crippen LogP contribution >= 0.6 is 0 Å². The Morgan fingerprint density at radius 2 is 1.48 bits per heavy atom. The normalized spacial score (nSPS) is 13.7. The molecule has 252 valence electrons. The van der Waals surface area contributed by atoms with Crippen LogP contribution in [-0.4, -0.2) is 59.6 Å². The van der Waals surface area contributed by atoms with Gasteiger partial charge in [0.15, 0.2) is 11.7 Å². The number of Topliss-reactive ketones (excluding diaryl/α,β-unsaturated/α-hetero) is 2. The Morgan fingerprint density at radius 1 is 0.848 bits per heavy atom. The van der Waals surface area contributed by atoms with Gasteiger partial charge in [-0.2, -0.15) is 0 Å². The number of rotatable bonds is 21. The molecule has 0 spiro atoms. The lowest BCUT2D eigenvalue weighted by Gasteiger charge is -2.25. The number of carbonyl (C=O) groups excluding carboxylic acids is 4. The molecule has 46 heavy (non-hydrogen) atoms. The molecule has 12 heteroatoms. The van der Waals surface area contributed by atoms with Crippen LogP contribution in [0.25, 0.3) is 0 Å². The Balaban J connectivity index is 2.30. The van der Waals surface area contributed by atoms with Gasteiger partial charge in [0.2, 0.25) is 11.8 Å². The molecular formula is C34H51N7O5. The van der Waals surface area contributed by atoms with Crippen LogP contribution in [0.4, 0.5) is 0 Å². The number of benzene rings is 2. The van der Waals surface area contributed by atoms with Crippen LogP contribution in [0.15, 0.2) is 47.5 Å². The van der Waals surface area contributed by atoms with Crippen LogP contribution in [0, 0.1) is 25.7 Å². The molecular weight excluding hydrogens is 586 g/mol. The second-order valence-corrected chi connectivity index (χ2v) is 12.0. The predicted octanol–water partition coefficient (Wildman–Crippen LogP) is 1.43. The fourth-order valence-corrected chi connectivity index (χ4v) is 5.52.